The predicted molar refractivity (Wildman–Crippen MR) is 81.9 cm³/mol. The van der Waals surface area contributed by atoms with E-state index in [1.54, 1.807) is 7.11 Å². The number of anilines is 1. The van der Waals surface area contributed by atoms with Crippen molar-refractivity contribution in [3.05, 3.63) is 42.0 Å². The number of imidazole rings is 1. The summed E-state index contributed by atoms with van der Waals surface area (Å²) in [5.74, 6) is 1.62. The number of ether oxygens (including phenoxy) is 1. The Balaban J connectivity index is 2.21. The Morgan fingerprint density at radius 1 is 1.15 bits per heavy atom. The molecule has 20 heavy (non-hydrogen) atoms. The summed E-state index contributed by atoms with van der Waals surface area (Å²) < 4.78 is 7.25. The van der Waals surface area contributed by atoms with Gasteiger partial charge >= 0.3 is 0 Å². The first-order valence-electron chi connectivity index (χ1n) is 6.47. The maximum absolute atomic E-state index is 6.12. The van der Waals surface area contributed by atoms with E-state index in [1.165, 1.54) is 5.56 Å². The Labute approximate surface area is 117 Å². The summed E-state index contributed by atoms with van der Waals surface area (Å²) in [5.41, 5.74) is 11.0. The van der Waals surface area contributed by atoms with Gasteiger partial charge in [0, 0.05) is 24.4 Å². The summed E-state index contributed by atoms with van der Waals surface area (Å²) >= 11 is 0. The summed E-state index contributed by atoms with van der Waals surface area (Å²) in [6.07, 6.45) is 0. The Bertz CT molecular complexity index is 790. The zero-order chi connectivity index (χ0) is 14.3. The van der Waals surface area contributed by atoms with E-state index in [9.17, 15) is 0 Å². The van der Waals surface area contributed by atoms with Gasteiger partial charge in [0.2, 0.25) is 0 Å². The van der Waals surface area contributed by atoms with Crippen molar-refractivity contribution in [1.82, 2.24) is 9.55 Å². The third-order valence-electron chi connectivity index (χ3n) is 3.54. The van der Waals surface area contributed by atoms with Gasteiger partial charge in [-0.05, 0) is 36.8 Å². The smallest absolute Gasteiger partial charge is 0.142 e. The molecule has 0 atom stereocenters. The monoisotopic (exact) mass is 267 g/mol. The number of nitrogens with zero attached hydrogens (tertiary/aromatic N) is 2. The van der Waals surface area contributed by atoms with Crippen LogP contribution in [-0.4, -0.2) is 16.7 Å². The minimum atomic E-state index is 0.666. The average Bonchev–Trinajstić information content (AvgIpc) is 2.75. The second kappa shape index (κ2) is 4.56. The molecule has 0 spiro atoms. The number of hydrogen-bond donors (Lipinski definition) is 1. The number of aromatic nitrogens is 2. The van der Waals surface area contributed by atoms with Crippen LogP contribution in [0.2, 0.25) is 0 Å². The summed E-state index contributed by atoms with van der Waals surface area (Å²) in [5, 5.41) is 0. The molecule has 2 N–H and O–H groups in total. The van der Waals surface area contributed by atoms with Crippen LogP contribution < -0.4 is 10.5 Å². The molecule has 3 aromatic rings. The minimum Gasteiger partial charge on any atom is -0.497 e. The van der Waals surface area contributed by atoms with Crippen LogP contribution in [0.5, 0.6) is 5.75 Å². The van der Waals surface area contributed by atoms with E-state index in [-0.39, 0.29) is 0 Å². The van der Waals surface area contributed by atoms with Crippen LogP contribution in [0.25, 0.3) is 22.4 Å². The van der Waals surface area contributed by atoms with Crippen molar-refractivity contribution in [2.45, 2.75) is 6.92 Å². The average molecular weight is 267 g/mol. The molecule has 0 fully saturated rings. The lowest BCUT2D eigenvalue weighted by molar-refractivity contribution is 0.415. The first kappa shape index (κ1) is 12.5. The van der Waals surface area contributed by atoms with Gasteiger partial charge in [-0.15, -0.1) is 0 Å². The first-order valence-corrected chi connectivity index (χ1v) is 6.47. The second-order valence-corrected chi connectivity index (χ2v) is 4.94. The first-order chi connectivity index (χ1) is 9.60. The van der Waals surface area contributed by atoms with E-state index in [4.69, 9.17) is 15.5 Å². The third-order valence-corrected chi connectivity index (χ3v) is 3.54. The number of benzene rings is 2. The largest absolute Gasteiger partial charge is 0.497 e. The molecule has 4 heteroatoms. The summed E-state index contributed by atoms with van der Waals surface area (Å²) in [4.78, 5) is 4.70. The maximum Gasteiger partial charge on any atom is 0.142 e. The van der Waals surface area contributed by atoms with Crippen LogP contribution in [0.1, 0.15) is 5.56 Å². The normalized spacial score (nSPS) is 10.9. The van der Waals surface area contributed by atoms with Crippen LogP contribution in [-0.2, 0) is 7.05 Å². The molecule has 1 aromatic heterocycles. The van der Waals surface area contributed by atoms with Crippen molar-refractivity contribution >= 4 is 16.7 Å². The maximum atomic E-state index is 6.12. The predicted octanol–water partition coefficient (Wildman–Crippen LogP) is 3.14. The highest BCUT2D eigenvalue weighted by molar-refractivity contribution is 5.84. The number of fused-ring (bicyclic) bond motifs is 1. The van der Waals surface area contributed by atoms with Gasteiger partial charge < -0.3 is 15.0 Å². The lowest BCUT2D eigenvalue weighted by Gasteiger charge is -2.08. The second-order valence-electron chi connectivity index (χ2n) is 4.94. The minimum absolute atomic E-state index is 0.666. The summed E-state index contributed by atoms with van der Waals surface area (Å²) in [6.45, 7) is 2.07. The van der Waals surface area contributed by atoms with Gasteiger partial charge in [0.15, 0.2) is 0 Å². The van der Waals surface area contributed by atoms with Crippen LogP contribution >= 0.6 is 0 Å². The fraction of sp³-hybridized carbons (Fsp3) is 0.188. The van der Waals surface area contributed by atoms with Gasteiger partial charge in [-0.1, -0.05) is 6.07 Å². The standard InChI is InChI=1S/C16H17N3O/c1-10-4-7-15-14(8-10)18-16(19(15)2)12-6-5-11(20-3)9-13(12)17/h4-9H,17H2,1-3H3. The zero-order valence-electron chi connectivity index (χ0n) is 11.8. The highest BCUT2D eigenvalue weighted by Crippen LogP contribution is 2.30. The van der Waals surface area contributed by atoms with E-state index in [0.717, 1.165) is 28.2 Å². The molecule has 4 nitrogen and oxygen atoms in total. The van der Waals surface area contributed by atoms with Crippen molar-refractivity contribution in [3.8, 4) is 17.1 Å². The number of nitrogens with two attached hydrogens (primary N) is 1. The van der Waals surface area contributed by atoms with Crippen molar-refractivity contribution in [2.75, 3.05) is 12.8 Å². The van der Waals surface area contributed by atoms with Crippen molar-refractivity contribution in [1.29, 1.82) is 0 Å². The zero-order valence-corrected chi connectivity index (χ0v) is 11.8. The molecular weight excluding hydrogens is 250 g/mol. The molecule has 1 heterocycles. The number of methoxy groups -OCH3 is 1. The highest BCUT2D eigenvalue weighted by atomic mass is 16.5. The summed E-state index contributed by atoms with van der Waals surface area (Å²) in [6, 6.07) is 11.9. The van der Waals surface area contributed by atoms with Gasteiger partial charge in [0.25, 0.3) is 0 Å². The Morgan fingerprint density at radius 2 is 1.95 bits per heavy atom. The molecule has 0 bridgehead atoms. The van der Waals surface area contributed by atoms with E-state index >= 15 is 0 Å². The van der Waals surface area contributed by atoms with Gasteiger partial charge in [-0.2, -0.15) is 0 Å². The summed E-state index contributed by atoms with van der Waals surface area (Å²) in [7, 11) is 3.63. The van der Waals surface area contributed by atoms with Crippen LogP contribution in [0.4, 0.5) is 5.69 Å². The van der Waals surface area contributed by atoms with Crippen molar-refractivity contribution in [2.24, 2.45) is 7.05 Å². The molecule has 0 aliphatic rings. The van der Waals surface area contributed by atoms with Crippen molar-refractivity contribution < 1.29 is 4.74 Å². The molecular formula is C16H17N3O. The van der Waals surface area contributed by atoms with Gasteiger partial charge in [-0.25, -0.2) is 4.98 Å². The molecule has 3 rings (SSSR count). The Hall–Kier alpha value is -2.49. The molecule has 2 aromatic carbocycles. The Morgan fingerprint density at radius 3 is 2.65 bits per heavy atom. The SMILES string of the molecule is COc1ccc(-c2nc3cc(C)ccc3n2C)c(N)c1. The number of rotatable bonds is 2. The number of aryl methyl sites for hydroxylation is 2. The van der Waals surface area contributed by atoms with Crippen LogP contribution in [0.3, 0.4) is 0 Å². The highest BCUT2D eigenvalue weighted by Gasteiger charge is 2.12. The molecule has 0 saturated carbocycles. The van der Waals surface area contributed by atoms with Crippen LogP contribution in [0, 0.1) is 6.92 Å². The molecule has 0 saturated heterocycles. The lowest BCUT2D eigenvalue weighted by atomic mass is 10.1. The molecule has 0 aliphatic carbocycles. The Kier molecular flexibility index (Phi) is 2.86. The van der Waals surface area contributed by atoms with Gasteiger partial charge in [0.05, 0.1) is 18.1 Å². The molecule has 0 aliphatic heterocycles. The topological polar surface area (TPSA) is 53.1 Å². The van der Waals surface area contributed by atoms with E-state index in [0.29, 0.717) is 5.69 Å². The molecule has 0 unspecified atom stereocenters. The van der Waals surface area contributed by atoms with Gasteiger partial charge in [0.1, 0.15) is 11.6 Å². The lowest BCUT2D eigenvalue weighted by Crippen LogP contribution is -1.97. The number of hydrogen-bond acceptors (Lipinski definition) is 3. The number of nitrogen functional groups attached to an aromatic ring is 1. The van der Waals surface area contributed by atoms with Crippen LogP contribution in [0.15, 0.2) is 36.4 Å². The van der Waals surface area contributed by atoms with E-state index < -0.39 is 0 Å². The quantitative estimate of drug-likeness (QED) is 0.726. The fourth-order valence-corrected chi connectivity index (χ4v) is 2.42. The van der Waals surface area contributed by atoms with E-state index in [2.05, 4.69) is 29.7 Å². The van der Waals surface area contributed by atoms with E-state index in [1.807, 2.05) is 25.2 Å². The molecule has 0 amide bonds. The van der Waals surface area contributed by atoms with Gasteiger partial charge in [-0.3, -0.25) is 0 Å². The molecule has 0 radical (unpaired) electrons. The van der Waals surface area contributed by atoms with Crippen molar-refractivity contribution in [3.63, 3.8) is 0 Å². The third kappa shape index (κ3) is 1.90. The fourth-order valence-electron chi connectivity index (χ4n) is 2.42. The molecule has 102 valence electrons.